The van der Waals surface area contributed by atoms with E-state index in [0.29, 0.717) is 19.4 Å². The molecule has 1 aromatic heterocycles. The molecule has 1 amide bonds. The molecule has 1 aromatic carbocycles. The molecule has 0 spiro atoms. The largest absolute Gasteiger partial charge is 0.383 e. The van der Waals surface area contributed by atoms with Gasteiger partial charge in [-0.1, -0.05) is 37.3 Å². The lowest BCUT2D eigenvalue weighted by Gasteiger charge is -2.15. The number of carbonyl (C=O) groups is 1. The van der Waals surface area contributed by atoms with Crippen LogP contribution in [0.3, 0.4) is 0 Å². The van der Waals surface area contributed by atoms with Gasteiger partial charge in [0, 0.05) is 20.0 Å². The minimum absolute atomic E-state index is 0.00184. The number of anilines is 2. The first-order valence-electron chi connectivity index (χ1n) is 7.88. The minimum Gasteiger partial charge on any atom is -0.383 e. The lowest BCUT2D eigenvalue weighted by atomic mass is 10.1. The van der Waals surface area contributed by atoms with Gasteiger partial charge in [0.05, 0.1) is 0 Å². The van der Waals surface area contributed by atoms with E-state index in [0.717, 1.165) is 10.1 Å². The summed E-state index contributed by atoms with van der Waals surface area (Å²) in [5.41, 5.74) is 5.84. The Morgan fingerprint density at radius 3 is 2.50 bits per heavy atom. The molecule has 7 nitrogen and oxygen atoms in total. The van der Waals surface area contributed by atoms with Crippen LogP contribution in [0.2, 0.25) is 0 Å². The highest BCUT2D eigenvalue weighted by atomic mass is 16.2. The number of nitrogens with two attached hydrogens (primary N) is 1. The SMILES string of the molecule is CCCn1c(N)c(NC(=O)CCc2ccccc2)c(=O)n(C)c1=O. The fourth-order valence-corrected chi connectivity index (χ4v) is 2.44. The van der Waals surface area contributed by atoms with Gasteiger partial charge in [-0.05, 0) is 18.4 Å². The maximum Gasteiger partial charge on any atom is 0.332 e. The molecule has 0 aliphatic rings. The molecule has 0 radical (unpaired) electrons. The van der Waals surface area contributed by atoms with Gasteiger partial charge >= 0.3 is 5.69 Å². The summed E-state index contributed by atoms with van der Waals surface area (Å²) in [6.45, 7) is 2.28. The third-order valence-corrected chi connectivity index (χ3v) is 3.78. The van der Waals surface area contributed by atoms with Crippen LogP contribution in [-0.4, -0.2) is 15.0 Å². The van der Waals surface area contributed by atoms with Crippen LogP contribution < -0.4 is 22.3 Å². The summed E-state index contributed by atoms with van der Waals surface area (Å²) in [5.74, 6) is -0.317. The molecule has 0 atom stereocenters. The minimum atomic E-state index is -0.599. The molecule has 0 aliphatic heterocycles. The highest BCUT2D eigenvalue weighted by Gasteiger charge is 2.16. The molecular weight excluding hydrogens is 308 g/mol. The Morgan fingerprint density at radius 2 is 1.88 bits per heavy atom. The van der Waals surface area contributed by atoms with Crippen molar-refractivity contribution in [2.24, 2.45) is 7.05 Å². The van der Waals surface area contributed by atoms with E-state index in [4.69, 9.17) is 5.73 Å². The summed E-state index contributed by atoms with van der Waals surface area (Å²) in [4.78, 5) is 36.5. The molecule has 0 saturated carbocycles. The van der Waals surface area contributed by atoms with Crippen molar-refractivity contribution < 1.29 is 4.79 Å². The highest BCUT2D eigenvalue weighted by molar-refractivity contribution is 5.93. The van der Waals surface area contributed by atoms with Crippen LogP contribution in [0.25, 0.3) is 0 Å². The van der Waals surface area contributed by atoms with Crippen molar-refractivity contribution in [3.05, 3.63) is 56.7 Å². The van der Waals surface area contributed by atoms with Crippen LogP contribution in [0.5, 0.6) is 0 Å². The second-order valence-corrected chi connectivity index (χ2v) is 5.59. The van der Waals surface area contributed by atoms with E-state index in [1.165, 1.54) is 11.6 Å². The Morgan fingerprint density at radius 1 is 1.21 bits per heavy atom. The first kappa shape index (κ1) is 17.5. The number of amides is 1. The topological polar surface area (TPSA) is 99.1 Å². The van der Waals surface area contributed by atoms with E-state index in [-0.39, 0.29) is 23.8 Å². The molecule has 0 unspecified atom stereocenters. The van der Waals surface area contributed by atoms with E-state index in [1.54, 1.807) is 0 Å². The number of nitrogens with one attached hydrogen (secondary N) is 1. The molecule has 7 heteroatoms. The molecule has 0 fully saturated rings. The van der Waals surface area contributed by atoms with Crippen LogP contribution in [0.15, 0.2) is 39.9 Å². The van der Waals surface area contributed by atoms with Gasteiger partial charge < -0.3 is 11.1 Å². The Bertz CT molecular complexity index is 837. The van der Waals surface area contributed by atoms with E-state index < -0.39 is 11.2 Å². The average Bonchev–Trinajstić information content (AvgIpc) is 2.60. The van der Waals surface area contributed by atoms with Crippen molar-refractivity contribution in [1.82, 2.24) is 9.13 Å². The number of aromatic nitrogens is 2. The Labute approximate surface area is 139 Å². The van der Waals surface area contributed by atoms with Crippen LogP contribution in [0.4, 0.5) is 11.5 Å². The van der Waals surface area contributed by atoms with Gasteiger partial charge in [0.2, 0.25) is 5.91 Å². The van der Waals surface area contributed by atoms with E-state index in [1.807, 2.05) is 37.3 Å². The van der Waals surface area contributed by atoms with Gasteiger partial charge in [-0.3, -0.25) is 18.7 Å². The summed E-state index contributed by atoms with van der Waals surface area (Å²) < 4.78 is 2.26. The summed E-state index contributed by atoms with van der Waals surface area (Å²) in [6.07, 6.45) is 1.46. The second kappa shape index (κ2) is 7.63. The molecule has 128 valence electrons. The van der Waals surface area contributed by atoms with Crippen molar-refractivity contribution in [2.45, 2.75) is 32.7 Å². The fourth-order valence-electron chi connectivity index (χ4n) is 2.44. The third-order valence-electron chi connectivity index (χ3n) is 3.78. The molecule has 3 N–H and O–H groups in total. The van der Waals surface area contributed by atoms with Crippen LogP contribution >= 0.6 is 0 Å². The Balaban J connectivity index is 2.21. The van der Waals surface area contributed by atoms with Gasteiger partial charge in [-0.15, -0.1) is 0 Å². The molecule has 0 saturated heterocycles. The van der Waals surface area contributed by atoms with Crippen molar-refractivity contribution in [3.8, 4) is 0 Å². The number of hydrogen-bond donors (Lipinski definition) is 2. The average molecular weight is 330 g/mol. The predicted molar refractivity (Wildman–Crippen MR) is 94.0 cm³/mol. The zero-order valence-corrected chi connectivity index (χ0v) is 13.9. The monoisotopic (exact) mass is 330 g/mol. The number of nitrogen functional groups attached to an aromatic ring is 1. The number of hydrogen-bond acceptors (Lipinski definition) is 4. The highest BCUT2D eigenvalue weighted by Crippen LogP contribution is 2.12. The van der Waals surface area contributed by atoms with Crippen molar-refractivity contribution in [1.29, 1.82) is 0 Å². The van der Waals surface area contributed by atoms with E-state index >= 15 is 0 Å². The summed E-state index contributed by atoms with van der Waals surface area (Å²) in [7, 11) is 1.37. The molecule has 2 rings (SSSR count). The van der Waals surface area contributed by atoms with Crippen LogP contribution in [-0.2, 0) is 24.8 Å². The number of carbonyl (C=O) groups excluding carboxylic acids is 1. The Kier molecular flexibility index (Phi) is 5.57. The van der Waals surface area contributed by atoms with Crippen LogP contribution in [0.1, 0.15) is 25.3 Å². The standard InChI is InChI=1S/C17H22N4O3/c1-3-11-21-15(18)14(16(23)20(2)17(21)24)19-13(22)10-9-12-7-5-4-6-8-12/h4-8H,3,9-11,18H2,1-2H3,(H,19,22). The van der Waals surface area contributed by atoms with Gasteiger partial charge in [0.1, 0.15) is 11.5 Å². The molecule has 2 aromatic rings. The van der Waals surface area contributed by atoms with Crippen molar-refractivity contribution >= 4 is 17.4 Å². The number of benzene rings is 1. The number of nitrogens with zero attached hydrogens (tertiary/aromatic N) is 2. The second-order valence-electron chi connectivity index (χ2n) is 5.59. The zero-order chi connectivity index (χ0) is 17.7. The first-order valence-corrected chi connectivity index (χ1v) is 7.88. The van der Waals surface area contributed by atoms with Gasteiger partial charge in [-0.25, -0.2) is 4.79 Å². The summed E-state index contributed by atoms with van der Waals surface area (Å²) in [5, 5.41) is 2.56. The Hall–Kier alpha value is -2.83. The first-order chi connectivity index (χ1) is 11.5. The van der Waals surface area contributed by atoms with Crippen molar-refractivity contribution in [2.75, 3.05) is 11.1 Å². The number of aryl methyl sites for hydroxylation is 1. The number of rotatable bonds is 6. The molecule has 0 bridgehead atoms. The molecule has 24 heavy (non-hydrogen) atoms. The maximum atomic E-state index is 12.2. The maximum absolute atomic E-state index is 12.2. The van der Waals surface area contributed by atoms with Gasteiger partial charge in [-0.2, -0.15) is 0 Å². The van der Waals surface area contributed by atoms with Gasteiger partial charge in [0.15, 0.2) is 0 Å². The fraction of sp³-hybridized carbons (Fsp3) is 0.353. The smallest absolute Gasteiger partial charge is 0.332 e. The lowest BCUT2D eigenvalue weighted by Crippen LogP contribution is -2.41. The van der Waals surface area contributed by atoms with E-state index in [9.17, 15) is 14.4 Å². The molecule has 1 heterocycles. The third kappa shape index (κ3) is 3.73. The lowest BCUT2D eigenvalue weighted by molar-refractivity contribution is -0.116. The summed E-state index contributed by atoms with van der Waals surface area (Å²) >= 11 is 0. The van der Waals surface area contributed by atoms with Crippen LogP contribution in [0, 0.1) is 0 Å². The van der Waals surface area contributed by atoms with Crippen molar-refractivity contribution in [3.63, 3.8) is 0 Å². The quantitative estimate of drug-likeness (QED) is 0.829. The summed E-state index contributed by atoms with van der Waals surface area (Å²) in [6, 6.07) is 9.58. The molecule has 0 aliphatic carbocycles. The normalized spacial score (nSPS) is 10.6. The van der Waals surface area contributed by atoms with Gasteiger partial charge in [0.25, 0.3) is 5.56 Å². The van der Waals surface area contributed by atoms with E-state index in [2.05, 4.69) is 5.32 Å². The molecular formula is C17H22N4O3. The zero-order valence-electron chi connectivity index (χ0n) is 13.9. The predicted octanol–water partition coefficient (Wildman–Crippen LogP) is 1.11.